The summed E-state index contributed by atoms with van der Waals surface area (Å²) in [5.41, 5.74) is 4.71. The molecule has 33 heavy (non-hydrogen) atoms. The maximum atomic E-state index is 13.1. The molecular weight excluding hydrogens is 456 g/mol. The highest BCUT2D eigenvalue weighted by atomic mass is 35.5. The van der Waals surface area contributed by atoms with Crippen LogP contribution in [0.2, 0.25) is 5.02 Å². The van der Waals surface area contributed by atoms with Crippen LogP contribution in [0.15, 0.2) is 48.5 Å². The maximum Gasteiger partial charge on any atom is 0.264 e. The van der Waals surface area contributed by atoms with Crippen molar-refractivity contribution in [3.63, 3.8) is 0 Å². The quantitative estimate of drug-likeness (QED) is 0.400. The van der Waals surface area contributed by atoms with Crippen molar-refractivity contribution in [2.24, 2.45) is 0 Å². The minimum absolute atomic E-state index is 0.0310. The average molecular weight is 481 g/mol. The molecule has 170 valence electrons. The fourth-order valence-corrected chi connectivity index (χ4v) is 5.04. The van der Waals surface area contributed by atoms with Gasteiger partial charge in [-0.15, -0.1) is 11.3 Å². The van der Waals surface area contributed by atoms with E-state index in [2.05, 4.69) is 10.4 Å². The Hall–Kier alpha value is -3.16. The monoisotopic (exact) mass is 480 g/mol. The number of hydrogen-bond donors (Lipinski definition) is 1. The molecule has 8 heteroatoms. The van der Waals surface area contributed by atoms with E-state index in [1.807, 2.05) is 74.0 Å². The van der Waals surface area contributed by atoms with Crippen molar-refractivity contribution in [2.75, 3.05) is 18.9 Å². The number of nitrogens with zero attached hydrogens (tertiary/aromatic N) is 3. The van der Waals surface area contributed by atoms with Gasteiger partial charge in [-0.05, 0) is 55.7 Å². The number of thiophene rings is 1. The van der Waals surface area contributed by atoms with Crippen LogP contribution in [-0.2, 0) is 11.3 Å². The van der Waals surface area contributed by atoms with Crippen LogP contribution in [0, 0.1) is 20.8 Å². The van der Waals surface area contributed by atoms with E-state index in [0.717, 1.165) is 38.3 Å². The zero-order chi connectivity index (χ0) is 23.7. The number of anilines is 1. The lowest BCUT2D eigenvalue weighted by atomic mass is 10.1. The van der Waals surface area contributed by atoms with Crippen LogP contribution < -0.4 is 5.32 Å². The summed E-state index contributed by atoms with van der Waals surface area (Å²) >= 11 is 7.38. The molecule has 0 bridgehead atoms. The van der Waals surface area contributed by atoms with Crippen LogP contribution in [0.25, 0.3) is 10.2 Å². The number of halogens is 1. The molecule has 0 unspecified atom stereocenters. The van der Waals surface area contributed by atoms with E-state index < -0.39 is 0 Å². The molecule has 2 amide bonds. The Kier molecular flexibility index (Phi) is 6.54. The van der Waals surface area contributed by atoms with Crippen molar-refractivity contribution in [1.29, 1.82) is 0 Å². The van der Waals surface area contributed by atoms with Gasteiger partial charge in [-0.25, -0.2) is 0 Å². The van der Waals surface area contributed by atoms with Gasteiger partial charge in [0.1, 0.15) is 4.83 Å². The number of carbonyl (C=O) groups is 2. The Morgan fingerprint density at radius 3 is 2.42 bits per heavy atom. The van der Waals surface area contributed by atoms with E-state index in [9.17, 15) is 9.59 Å². The van der Waals surface area contributed by atoms with Crippen LogP contribution in [0.1, 0.15) is 32.1 Å². The number of nitrogens with one attached hydrogen (secondary N) is 1. The van der Waals surface area contributed by atoms with Gasteiger partial charge in [0.25, 0.3) is 5.91 Å². The van der Waals surface area contributed by atoms with Crippen molar-refractivity contribution in [3.05, 3.63) is 80.8 Å². The SMILES string of the molecule is Cc1cccc(C)c1NC(=O)CN(C)C(=O)c1cc2c(C)nn(Cc3ccc(Cl)cc3)c2s1. The second-order valence-corrected chi connectivity index (χ2v) is 9.64. The molecule has 0 saturated carbocycles. The average Bonchev–Trinajstić information content (AvgIpc) is 3.33. The summed E-state index contributed by atoms with van der Waals surface area (Å²) in [5.74, 6) is -0.417. The lowest BCUT2D eigenvalue weighted by Gasteiger charge is -2.17. The molecule has 2 aromatic carbocycles. The Balaban J connectivity index is 1.49. The van der Waals surface area contributed by atoms with Gasteiger partial charge in [-0.1, -0.05) is 41.9 Å². The molecule has 0 aliphatic carbocycles. The minimum Gasteiger partial charge on any atom is -0.332 e. The largest absolute Gasteiger partial charge is 0.332 e. The first-order valence-electron chi connectivity index (χ1n) is 10.6. The Bertz CT molecular complexity index is 1320. The van der Waals surface area contributed by atoms with Crippen LogP contribution in [0.3, 0.4) is 0 Å². The summed E-state index contributed by atoms with van der Waals surface area (Å²) in [4.78, 5) is 28.6. The molecule has 0 aliphatic heterocycles. The van der Waals surface area contributed by atoms with Gasteiger partial charge in [0.15, 0.2) is 0 Å². The first-order chi connectivity index (χ1) is 15.7. The van der Waals surface area contributed by atoms with Gasteiger partial charge >= 0.3 is 0 Å². The zero-order valence-electron chi connectivity index (χ0n) is 19.0. The molecule has 4 aromatic rings. The topological polar surface area (TPSA) is 67.2 Å². The molecule has 4 rings (SSSR count). The standard InChI is InChI=1S/C25H25ClN4O2S/c1-15-6-5-7-16(2)23(15)27-22(31)14-29(4)24(32)21-12-20-17(3)28-30(25(20)33-21)13-18-8-10-19(26)11-9-18/h5-12H,13-14H2,1-4H3,(H,27,31). The van der Waals surface area contributed by atoms with E-state index in [-0.39, 0.29) is 18.4 Å². The summed E-state index contributed by atoms with van der Waals surface area (Å²) in [6.07, 6.45) is 0. The minimum atomic E-state index is -0.227. The second kappa shape index (κ2) is 9.37. The van der Waals surface area contributed by atoms with Crippen molar-refractivity contribution >= 4 is 50.7 Å². The molecule has 0 radical (unpaired) electrons. The smallest absolute Gasteiger partial charge is 0.264 e. The number of aromatic nitrogens is 2. The molecular formula is C25H25ClN4O2S. The highest BCUT2D eigenvalue weighted by Gasteiger charge is 2.21. The van der Waals surface area contributed by atoms with Gasteiger partial charge in [-0.3, -0.25) is 14.3 Å². The van der Waals surface area contributed by atoms with Crippen LogP contribution in [0.5, 0.6) is 0 Å². The zero-order valence-corrected chi connectivity index (χ0v) is 20.5. The first-order valence-corrected chi connectivity index (χ1v) is 11.8. The van der Waals surface area contributed by atoms with E-state index in [0.29, 0.717) is 16.4 Å². The summed E-state index contributed by atoms with van der Waals surface area (Å²) in [6, 6.07) is 15.4. The van der Waals surface area contributed by atoms with Crippen molar-refractivity contribution in [3.8, 4) is 0 Å². The van der Waals surface area contributed by atoms with Gasteiger partial charge in [0.05, 0.1) is 23.7 Å². The Morgan fingerprint density at radius 2 is 1.76 bits per heavy atom. The molecule has 2 heterocycles. The molecule has 0 saturated heterocycles. The predicted octanol–water partition coefficient (Wildman–Crippen LogP) is 5.44. The van der Waals surface area contributed by atoms with E-state index in [1.165, 1.54) is 16.2 Å². The van der Waals surface area contributed by atoms with Gasteiger partial charge in [-0.2, -0.15) is 5.10 Å². The number of para-hydroxylation sites is 1. The van der Waals surface area contributed by atoms with Gasteiger partial charge < -0.3 is 10.2 Å². The van der Waals surface area contributed by atoms with Gasteiger partial charge in [0.2, 0.25) is 5.91 Å². The number of benzene rings is 2. The van der Waals surface area contributed by atoms with E-state index in [4.69, 9.17) is 11.6 Å². The molecule has 0 fully saturated rings. The highest BCUT2D eigenvalue weighted by Crippen LogP contribution is 2.30. The lowest BCUT2D eigenvalue weighted by Crippen LogP contribution is -2.34. The molecule has 0 spiro atoms. The molecule has 6 nitrogen and oxygen atoms in total. The van der Waals surface area contributed by atoms with Gasteiger partial charge in [0, 0.05) is 23.1 Å². The molecule has 2 aromatic heterocycles. The summed E-state index contributed by atoms with van der Waals surface area (Å²) in [7, 11) is 1.64. The predicted molar refractivity (Wildman–Crippen MR) is 134 cm³/mol. The molecule has 1 N–H and O–H groups in total. The number of rotatable bonds is 6. The van der Waals surface area contributed by atoms with E-state index >= 15 is 0 Å². The van der Waals surface area contributed by atoms with Crippen LogP contribution >= 0.6 is 22.9 Å². The Morgan fingerprint density at radius 1 is 1.09 bits per heavy atom. The third-order valence-electron chi connectivity index (χ3n) is 5.54. The number of fused-ring (bicyclic) bond motifs is 1. The van der Waals surface area contributed by atoms with Crippen molar-refractivity contribution in [2.45, 2.75) is 27.3 Å². The van der Waals surface area contributed by atoms with Crippen LogP contribution in [0.4, 0.5) is 5.69 Å². The number of likely N-dealkylation sites (N-methyl/N-ethyl adjacent to an activating group) is 1. The highest BCUT2D eigenvalue weighted by molar-refractivity contribution is 7.20. The first kappa shape index (κ1) is 23.0. The maximum absolute atomic E-state index is 13.1. The second-order valence-electron chi connectivity index (χ2n) is 8.18. The summed E-state index contributed by atoms with van der Waals surface area (Å²) < 4.78 is 1.91. The van der Waals surface area contributed by atoms with Crippen LogP contribution in [-0.4, -0.2) is 40.1 Å². The summed E-state index contributed by atoms with van der Waals surface area (Å²) in [5, 5.41) is 9.20. The molecule has 0 aliphatic rings. The fraction of sp³-hybridized carbons (Fsp3) is 0.240. The number of aryl methyl sites for hydroxylation is 3. The van der Waals surface area contributed by atoms with E-state index in [1.54, 1.807) is 7.05 Å². The molecule has 0 atom stereocenters. The normalized spacial score (nSPS) is 11.1. The number of hydrogen-bond acceptors (Lipinski definition) is 4. The summed E-state index contributed by atoms with van der Waals surface area (Å²) in [6.45, 7) is 6.39. The van der Waals surface area contributed by atoms with Crippen molar-refractivity contribution < 1.29 is 9.59 Å². The fourth-order valence-electron chi connectivity index (χ4n) is 3.75. The lowest BCUT2D eigenvalue weighted by molar-refractivity contribution is -0.116. The Labute approximate surface area is 201 Å². The van der Waals surface area contributed by atoms with Crippen molar-refractivity contribution in [1.82, 2.24) is 14.7 Å². The third-order valence-corrected chi connectivity index (χ3v) is 6.93. The third kappa shape index (κ3) is 4.94. The number of amides is 2. The number of carbonyl (C=O) groups excluding carboxylic acids is 2.